The van der Waals surface area contributed by atoms with Gasteiger partial charge in [-0.2, -0.15) is 0 Å². The number of hydrogen-bond acceptors (Lipinski definition) is 3. The van der Waals surface area contributed by atoms with Crippen molar-refractivity contribution in [3.8, 4) is 11.5 Å². The van der Waals surface area contributed by atoms with E-state index in [9.17, 15) is 0 Å². The molecule has 2 aliphatic rings. The first-order chi connectivity index (χ1) is 8.79. The molecule has 2 unspecified atom stereocenters. The summed E-state index contributed by atoms with van der Waals surface area (Å²) in [6.45, 7) is 8.12. The molecule has 0 amide bonds. The van der Waals surface area contributed by atoms with Gasteiger partial charge < -0.3 is 15.2 Å². The average molecular weight is 282 g/mol. The highest BCUT2D eigenvalue weighted by Crippen LogP contribution is 2.51. The molecule has 0 fully saturated rings. The Bertz CT molecular complexity index is 509. The van der Waals surface area contributed by atoms with Crippen LogP contribution in [-0.2, 0) is 18.4 Å². The summed E-state index contributed by atoms with van der Waals surface area (Å²) in [6.07, 6.45) is 1.96. The van der Waals surface area contributed by atoms with Crippen LogP contribution in [0.1, 0.15) is 44.4 Å². The third-order valence-electron chi connectivity index (χ3n) is 3.81. The highest BCUT2D eigenvalue weighted by molar-refractivity contribution is 6.33. The number of benzene rings is 1. The number of fused-ring (bicyclic) bond motifs is 2. The number of nitrogens with two attached hydrogens (primary N) is 1. The second-order valence-electron chi connectivity index (χ2n) is 6.29. The fourth-order valence-electron chi connectivity index (χ4n) is 3.14. The lowest BCUT2D eigenvalue weighted by Gasteiger charge is -2.25. The Hall–Kier alpha value is -0.930. The molecule has 104 valence electrons. The lowest BCUT2D eigenvalue weighted by molar-refractivity contribution is 0.248. The Morgan fingerprint density at radius 3 is 2.16 bits per heavy atom. The van der Waals surface area contributed by atoms with Crippen LogP contribution in [0.4, 0.5) is 0 Å². The minimum Gasteiger partial charge on any atom is -0.490 e. The van der Waals surface area contributed by atoms with Gasteiger partial charge in [-0.15, -0.1) is 0 Å². The topological polar surface area (TPSA) is 44.5 Å². The van der Waals surface area contributed by atoms with E-state index >= 15 is 0 Å². The van der Waals surface area contributed by atoms with Crippen LogP contribution in [0, 0.1) is 0 Å². The zero-order valence-electron chi connectivity index (χ0n) is 11.8. The largest absolute Gasteiger partial charge is 0.490 e. The smallest absolute Gasteiger partial charge is 0.142 e. The summed E-state index contributed by atoms with van der Waals surface area (Å²) < 4.78 is 11.9. The van der Waals surface area contributed by atoms with Crippen LogP contribution in [0.25, 0.3) is 0 Å². The van der Waals surface area contributed by atoms with E-state index in [2.05, 4.69) is 13.8 Å². The molecule has 19 heavy (non-hydrogen) atoms. The van der Waals surface area contributed by atoms with E-state index in [-0.39, 0.29) is 12.2 Å². The van der Waals surface area contributed by atoms with Crippen molar-refractivity contribution in [2.75, 3.05) is 0 Å². The Kier molecular flexibility index (Phi) is 2.77. The van der Waals surface area contributed by atoms with Crippen LogP contribution in [0.15, 0.2) is 0 Å². The van der Waals surface area contributed by atoms with Gasteiger partial charge in [0.25, 0.3) is 0 Å². The summed E-state index contributed by atoms with van der Waals surface area (Å²) in [4.78, 5) is 0. The quantitative estimate of drug-likeness (QED) is 0.860. The molecule has 3 rings (SSSR count). The third-order valence-corrected chi connectivity index (χ3v) is 4.21. The predicted molar refractivity (Wildman–Crippen MR) is 76.3 cm³/mol. The summed E-state index contributed by atoms with van der Waals surface area (Å²) in [6, 6.07) is 0. The van der Waals surface area contributed by atoms with Gasteiger partial charge in [0.2, 0.25) is 0 Å². The van der Waals surface area contributed by atoms with Crippen molar-refractivity contribution in [3.05, 3.63) is 21.7 Å². The first-order valence-electron chi connectivity index (χ1n) is 6.79. The van der Waals surface area contributed by atoms with Crippen LogP contribution < -0.4 is 15.2 Å². The molecular formula is C15H20ClNO2. The first kappa shape index (κ1) is 13.1. The van der Waals surface area contributed by atoms with Crippen molar-refractivity contribution in [3.63, 3.8) is 0 Å². The van der Waals surface area contributed by atoms with E-state index in [1.54, 1.807) is 0 Å². The zero-order valence-corrected chi connectivity index (χ0v) is 12.6. The number of halogens is 1. The summed E-state index contributed by atoms with van der Waals surface area (Å²) in [5.74, 6) is 1.71. The van der Waals surface area contributed by atoms with Crippen molar-refractivity contribution >= 4 is 11.6 Å². The van der Waals surface area contributed by atoms with Crippen molar-refractivity contribution in [2.24, 2.45) is 5.73 Å². The maximum absolute atomic E-state index is 6.51. The van der Waals surface area contributed by atoms with Gasteiger partial charge in [0.1, 0.15) is 23.7 Å². The molecule has 2 N–H and O–H groups in total. The molecule has 0 saturated heterocycles. The Labute approximate surface area is 119 Å². The summed E-state index contributed by atoms with van der Waals surface area (Å²) >= 11 is 6.51. The van der Waals surface area contributed by atoms with Crippen LogP contribution in [0.5, 0.6) is 11.5 Å². The lowest BCUT2D eigenvalue weighted by atomic mass is 9.86. The zero-order chi connectivity index (χ0) is 13.9. The van der Waals surface area contributed by atoms with E-state index in [0.29, 0.717) is 5.02 Å². The van der Waals surface area contributed by atoms with Gasteiger partial charge in [-0.25, -0.2) is 0 Å². The minimum absolute atomic E-state index is 0.147. The van der Waals surface area contributed by atoms with Crippen molar-refractivity contribution < 1.29 is 9.47 Å². The maximum Gasteiger partial charge on any atom is 0.142 e. The predicted octanol–water partition coefficient (Wildman–Crippen LogP) is 3.18. The molecule has 3 nitrogen and oxygen atoms in total. The van der Waals surface area contributed by atoms with Gasteiger partial charge in [0.05, 0.1) is 5.02 Å². The Morgan fingerprint density at radius 1 is 1.05 bits per heavy atom. The molecule has 1 aromatic rings. The van der Waals surface area contributed by atoms with Crippen molar-refractivity contribution in [1.29, 1.82) is 0 Å². The Balaban J connectivity index is 2.30. The summed E-state index contributed by atoms with van der Waals surface area (Å²) in [7, 11) is 0. The van der Waals surface area contributed by atoms with Crippen LogP contribution in [0.3, 0.4) is 0 Å². The number of rotatable bonds is 1. The molecule has 2 aliphatic heterocycles. The van der Waals surface area contributed by atoms with E-state index < -0.39 is 5.54 Å². The fraction of sp³-hybridized carbons (Fsp3) is 0.600. The molecule has 0 spiro atoms. The molecule has 1 aromatic carbocycles. The molecular weight excluding hydrogens is 262 g/mol. The van der Waals surface area contributed by atoms with E-state index in [4.69, 9.17) is 26.8 Å². The van der Waals surface area contributed by atoms with E-state index in [1.807, 2.05) is 13.8 Å². The first-order valence-corrected chi connectivity index (χ1v) is 7.16. The highest BCUT2D eigenvalue weighted by Gasteiger charge is 2.38. The molecule has 0 aliphatic carbocycles. The van der Waals surface area contributed by atoms with E-state index in [0.717, 1.165) is 41.0 Å². The fourth-order valence-corrected chi connectivity index (χ4v) is 3.46. The van der Waals surface area contributed by atoms with Crippen LogP contribution in [-0.4, -0.2) is 12.2 Å². The standard InChI is InChI=1S/C15H20ClNO2/c1-7-5-9-11(15(3,4)17)13-10(6-8(2)18-13)12(16)14(9)19-7/h7-8H,5-6,17H2,1-4H3. The van der Waals surface area contributed by atoms with E-state index in [1.165, 1.54) is 0 Å². The molecule has 0 saturated carbocycles. The van der Waals surface area contributed by atoms with Crippen LogP contribution in [0.2, 0.25) is 5.02 Å². The summed E-state index contributed by atoms with van der Waals surface area (Å²) in [5.41, 5.74) is 9.14. The molecule has 4 heteroatoms. The van der Waals surface area contributed by atoms with Gasteiger partial charge >= 0.3 is 0 Å². The SMILES string of the molecule is CC1Cc2c(c(Cl)c3c(c2C(C)(C)N)OC(C)C3)O1. The molecule has 0 bridgehead atoms. The second kappa shape index (κ2) is 4.03. The highest BCUT2D eigenvalue weighted by atomic mass is 35.5. The van der Waals surface area contributed by atoms with Gasteiger partial charge in [0.15, 0.2) is 0 Å². The second-order valence-corrected chi connectivity index (χ2v) is 6.67. The minimum atomic E-state index is -0.462. The van der Waals surface area contributed by atoms with Crippen molar-refractivity contribution in [1.82, 2.24) is 0 Å². The number of ether oxygens (including phenoxy) is 2. The maximum atomic E-state index is 6.51. The molecule has 2 heterocycles. The summed E-state index contributed by atoms with van der Waals surface area (Å²) in [5, 5.41) is 0.715. The van der Waals surface area contributed by atoms with Gasteiger partial charge in [-0.05, 0) is 27.7 Å². The monoisotopic (exact) mass is 281 g/mol. The average Bonchev–Trinajstić information content (AvgIpc) is 2.80. The molecule has 0 aromatic heterocycles. The number of hydrogen-bond donors (Lipinski definition) is 1. The van der Waals surface area contributed by atoms with Gasteiger partial charge in [-0.3, -0.25) is 0 Å². The Morgan fingerprint density at radius 2 is 1.58 bits per heavy atom. The lowest BCUT2D eigenvalue weighted by Crippen LogP contribution is -2.30. The normalized spacial score (nSPS) is 24.7. The third kappa shape index (κ3) is 1.91. The van der Waals surface area contributed by atoms with Gasteiger partial charge in [-0.1, -0.05) is 11.6 Å². The molecule has 0 radical (unpaired) electrons. The van der Waals surface area contributed by atoms with Crippen LogP contribution >= 0.6 is 11.6 Å². The molecule has 2 atom stereocenters. The van der Waals surface area contributed by atoms with Crippen molar-refractivity contribution in [2.45, 2.75) is 58.3 Å². The van der Waals surface area contributed by atoms with Gasteiger partial charge in [0, 0.05) is 35.1 Å².